The van der Waals surface area contributed by atoms with E-state index in [0.29, 0.717) is 12.4 Å². The fourth-order valence-corrected chi connectivity index (χ4v) is 1.99. The van der Waals surface area contributed by atoms with Gasteiger partial charge in [0.15, 0.2) is 0 Å². The average molecular weight is 267 g/mol. The first-order valence-electron chi connectivity index (χ1n) is 5.54. The average Bonchev–Trinajstić information content (AvgIpc) is 2.86. The van der Waals surface area contributed by atoms with Crippen molar-refractivity contribution in [3.05, 3.63) is 42.0 Å². The van der Waals surface area contributed by atoms with Gasteiger partial charge in [-0.2, -0.15) is 0 Å². The van der Waals surface area contributed by atoms with E-state index in [4.69, 9.17) is 21.1 Å². The van der Waals surface area contributed by atoms with Gasteiger partial charge in [0.25, 0.3) is 0 Å². The first-order valence-corrected chi connectivity index (χ1v) is 6.07. The molecule has 96 valence electrons. The van der Waals surface area contributed by atoms with Crippen molar-refractivity contribution in [2.24, 2.45) is 0 Å². The van der Waals surface area contributed by atoms with Gasteiger partial charge in [-0.3, -0.25) is 0 Å². The van der Waals surface area contributed by atoms with Crippen LogP contribution in [0.2, 0.25) is 0 Å². The highest BCUT2D eigenvalue weighted by Crippen LogP contribution is 2.25. The Labute approximate surface area is 111 Å². The van der Waals surface area contributed by atoms with Crippen LogP contribution in [0.3, 0.4) is 0 Å². The molecule has 0 saturated heterocycles. The molecule has 0 aliphatic rings. The van der Waals surface area contributed by atoms with Gasteiger partial charge in [-0.25, -0.2) is 4.98 Å². The fraction of sp³-hybridized carbons (Fsp3) is 0.308. The second-order valence-corrected chi connectivity index (χ2v) is 4.09. The van der Waals surface area contributed by atoms with Crippen LogP contribution < -0.4 is 9.47 Å². The van der Waals surface area contributed by atoms with Crippen molar-refractivity contribution < 1.29 is 9.47 Å². The van der Waals surface area contributed by atoms with E-state index < -0.39 is 0 Å². The van der Waals surface area contributed by atoms with Gasteiger partial charge >= 0.3 is 0 Å². The molecule has 1 aromatic carbocycles. The van der Waals surface area contributed by atoms with Crippen molar-refractivity contribution in [1.29, 1.82) is 0 Å². The smallest absolute Gasteiger partial charge is 0.127 e. The van der Waals surface area contributed by atoms with Gasteiger partial charge < -0.3 is 14.0 Å². The Hall–Kier alpha value is -1.68. The minimum absolute atomic E-state index is 0.443. The SMILES string of the molecule is COc1ccc(Cn2cncc2CCl)c(OC)c1. The molecule has 0 atom stereocenters. The van der Waals surface area contributed by atoms with E-state index in [1.54, 1.807) is 26.7 Å². The van der Waals surface area contributed by atoms with Crippen LogP contribution in [0.5, 0.6) is 11.5 Å². The van der Waals surface area contributed by atoms with Gasteiger partial charge in [-0.1, -0.05) is 0 Å². The molecule has 0 unspecified atom stereocenters. The first-order chi connectivity index (χ1) is 8.78. The third kappa shape index (κ3) is 2.59. The van der Waals surface area contributed by atoms with Crippen LogP contribution in [-0.2, 0) is 12.4 Å². The molecule has 2 rings (SSSR count). The number of methoxy groups -OCH3 is 2. The van der Waals surface area contributed by atoms with Crippen molar-refractivity contribution in [1.82, 2.24) is 9.55 Å². The van der Waals surface area contributed by atoms with Gasteiger partial charge in [0.05, 0.1) is 38.7 Å². The zero-order valence-electron chi connectivity index (χ0n) is 10.4. The van der Waals surface area contributed by atoms with E-state index in [1.165, 1.54) is 0 Å². The highest BCUT2D eigenvalue weighted by atomic mass is 35.5. The molecule has 0 spiro atoms. The number of halogens is 1. The topological polar surface area (TPSA) is 36.3 Å². The maximum absolute atomic E-state index is 5.85. The molecule has 1 aromatic heterocycles. The van der Waals surface area contributed by atoms with E-state index in [1.807, 2.05) is 22.8 Å². The van der Waals surface area contributed by atoms with Crippen molar-refractivity contribution in [2.45, 2.75) is 12.4 Å². The summed E-state index contributed by atoms with van der Waals surface area (Å²) in [4.78, 5) is 4.09. The molecule has 0 aliphatic heterocycles. The summed E-state index contributed by atoms with van der Waals surface area (Å²) in [5, 5.41) is 0. The molecule has 0 N–H and O–H groups in total. The summed E-state index contributed by atoms with van der Waals surface area (Å²) in [6, 6.07) is 5.76. The molecule has 18 heavy (non-hydrogen) atoms. The van der Waals surface area contributed by atoms with Crippen molar-refractivity contribution in [2.75, 3.05) is 14.2 Å². The molecular formula is C13H15ClN2O2. The highest BCUT2D eigenvalue weighted by Gasteiger charge is 2.08. The normalized spacial score (nSPS) is 10.4. The minimum Gasteiger partial charge on any atom is -0.497 e. The summed E-state index contributed by atoms with van der Waals surface area (Å²) in [5.74, 6) is 2.01. The molecule has 5 heteroatoms. The highest BCUT2D eigenvalue weighted by molar-refractivity contribution is 6.16. The number of nitrogens with zero attached hydrogens (tertiary/aromatic N) is 2. The molecule has 0 saturated carbocycles. The van der Waals surface area contributed by atoms with E-state index >= 15 is 0 Å². The largest absolute Gasteiger partial charge is 0.497 e. The molecule has 0 bridgehead atoms. The van der Waals surface area contributed by atoms with E-state index in [2.05, 4.69) is 4.98 Å². The number of hydrogen-bond donors (Lipinski definition) is 0. The summed E-state index contributed by atoms with van der Waals surface area (Å²) in [6.45, 7) is 0.676. The maximum atomic E-state index is 5.85. The number of imidazole rings is 1. The van der Waals surface area contributed by atoms with E-state index in [0.717, 1.165) is 22.8 Å². The summed E-state index contributed by atoms with van der Waals surface area (Å²) in [6.07, 6.45) is 3.53. The maximum Gasteiger partial charge on any atom is 0.127 e. The summed E-state index contributed by atoms with van der Waals surface area (Å²) >= 11 is 5.85. The zero-order valence-corrected chi connectivity index (χ0v) is 11.1. The van der Waals surface area contributed by atoms with Crippen molar-refractivity contribution >= 4 is 11.6 Å². The molecule has 2 aromatic rings. The fourth-order valence-electron chi connectivity index (χ4n) is 1.77. The third-order valence-corrected chi connectivity index (χ3v) is 3.04. The molecule has 0 fully saturated rings. The molecule has 1 heterocycles. The van der Waals surface area contributed by atoms with Crippen LogP contribution in [-0.4, -0.2) is 23.8 Å². The van der Waals surface area contributed by atoms with Crippen LogP contribution in [0.25, 0.3) is 0 Å². The number of aromatic nitrogens is 2. The lowest BCUT2D eigenvalue weighted by atomic mass is 10.2. The molecular weight excluding hydrogens is 252 g/mol. The first kappa shape index (κ1) is 12.8. The zero-order chi connectivity index (χ0) is 13.0. The predicted molar refractivity (Wildman–Crippen MR) is 70.4 cm³/mol. The quantitative estimate of drug-likeness (QED) is 0.781. The Morgan fingerprint density at radius 3 is 2.78 bits per heavy atom. The van der Waals surface area contributed by atoms with E-state index in [9.17, 15) is 0 Å². The third-order valence-electron chi connectivity index (χ3n) is 2.77. The van der Waals surface area contributed by atoms with Crippen LogP contribution in [0.4, 0.5) is 0 Å². The number of ether oxygens (including phenoxy) is 2. The van der Waals surface area contributed by atoms with Gasteiger partial charge in [-0.15, -0.1) is 11.6 Å². The number of benzene rings is 1. The van der Waals surface area contributed by atoms with Crippen LogP contribution in [0, 0.1) is 0 Å². The molecule has 4 nitrogen and oxygen atoms in total. The summed E-state index contributed by atoms with van der Waals surface area (Å²) < 4.78 is 12.5. The van der Waals surface area contributed by atoms with Gasteiger partial charge in [0.2, 0.25) is 0 Å². The number of alkyl halides is 1. The number of hydrogen-bond acceptors (Lipinski definition) is 3. The van der Waals surface area contributed by atoms with Crippen LogP contribution in [0.1, 0.15) is 11.3 Å². The second-order valence-electron chi connectivity index (χ2n) is 3.82. The van der Waals surface area contributed by atoms with Crippen molar-refractivity contribution in [3.8, 4) is 11.5 Å². The standard InChI is InChI=1S/C13H15ClN2O2/c1-17-12-4-3-10(13(5-12)18-2)8-16-9-15-7-11(16)6-14/h3-5,7,9H,6,8H2,1-2H3. The van der Waals surface area contributed by atoms with Gasteiger partial charge in [0.1, 0.15) is 11.5 Å². The second kappa shape index (κ2) is 5.78. The van der Waals surface area contributed by atoms with Crippen molar-refractivity contribution in [3.63, 3.8) is 0 Å². The predicted octanol–water partition coefficient (Wildman–Crippen LogP) is 2.69. The van der Waals surface area contributed by atoms with Gasteiger partial charge in [0, 0.05) is 17.8 Å². The Balaban J connectivity index is 2.28. The number of rotatable bonds is 5. The van der Waals surface area contributed by atoms with Crippen LogP contribution in [0.15, 0.2) is 30.7 Å². The Bertz CT molecular complexity index is 525. The Morgan fingerprint density at radius 2 is 2.11 bits per heavy atom. The molecule has 0 radical (unpaired) electrons. The van der Waals surface area contributed by atoms with Crippen LogP contribution >= 0.6 is 11.6 Å². The molecule has 0 amide bonds. The minimum atomic E-state index is 0.443. The lowest BCUT2D eigenvalue weighted by Gasteiger charge is -2.12. The van der Waals surface area contributed by atoms with E-state index in [-0.39, 0.29) is 0 Å². The summed E-state index contributed by atoms with van der Waals surface area (Å²) in [7, 11) is 3.28. The lowest BCUT2D eigenvalue weighted by Crippen LogP contribution is -2.03. The lowest BCUT2D eigenvalue weighted by molar-refractivity contribution is 0.390. The van der Waals surface area contributed by atoms with Gasteiger partial charge in [-0.05, 0) is 12.1 Å². The summed E-state index contributed by atoms with van der Waals surface area (Å²) in [5.41, 5.74) is 2.04. The monoisotopic (exact) mass is 266 g/mol. The Morgan fingerprint density at radius 1 is 1.28 bits per heavy atom. The molecule has 0 aliphatic carbocycles. The Kier molecular flexibility index (Phi) is 4.10.